The lowest BCUT2D eigenvalue weighted by Crippen LogP contribution is -2.14. The number of benzene rings is 1. The van der Waals surface area contributed by atoms with Gasteiger partial charge in [0.15, 0.2) is 0 Å². The molecule has 96 valence electrons. The predicted molar refractivity (Wildman–Crippen MR) is 77.9 cm³/mol. The maximum atomic E-state index is 6.13. The molecule has 0 fully saturated rings. The van der Waals surface area contributed by atoms with Crippen molar-refractivity contribution < 1.29 is 0 Å². The largest absolute Gasteiger partial charge is 0.323 e. The summed E-state index contributed by atoms with van der Waals surface area (Å²) in [7, 11) is 0. The zero-order chi connectivity index (χ0) is 13.1. The first-order valence-electron chi connectivity index (χ1n) is 6.24. The number of imidazole rings is 1. The topological polar surface area (TPSA) is 43.8 Å². The lowest BCUT2D eigenvalue weighted by molar-refractivity contribution is 0.658. The maximum absolute atomic E-state index is 6.13. The van der Waals surface area contributed by atoms with Crippen molar-refractivity contribution in [3.63, 3.8) is 0 Å². The van der Waals surface area contributed by atoms with Crippen LogP contribution >= 0.6 is 15.9 Å². The normalized spacial score (nSPS) is 12.7. The number of hydrogen-bond donors (Lipinski definition) is 1. The van der Waals surface area contributed by atoms with Crippen LogP contribution in [-0.2, 0) is 6.42 Å². The van der Waals surface area contributed by atoms with Gasteiger partial charge in [0.2, 0.25) is 0 Å². The number of rotatable bonds is 4. The van der Waals surface area contributed by atoms with Gasteiger partial charge < -0.3 is 10.3 Å². The number of aryl methyl sites for hydroxylation is 1. The van der Waals surface area contributed by atoms with Gasteiger partial charge in [-0.2, -0.15) is 0 Å². The molecular weight excluding hydrogens is 290 g/mol. The van der Waals surface area contributed by atoms with Gasteiger partial charge in [0, 0.05) is 10.5 Å². The van der Waals surface area contributed by atoms with Crippen LogP contribution in [0, 0.1) is 0 Å². The van der Waals surface area contributed by atoms with E-state index in [2.05, 4.69) is 57.5 Å². The van der Waals surface area contributed by atoms with Gasteiger partial charge in [0.05, 0.1) is 23.9 Å². The van der Waals surface area contributed by atoms with Crippen molar-refractivity contribution in [1.82, 2.24) is 9.55 Å². The molecule has 0 spiro atoms. The highest BCUT2D eigenvalue weighted by Crippen LogP contribution is 2.24. The van der Waals surface area contributed by atoms with Crippen LogP contribution in [0.4, 0.5) is 0 Å². The standard InChI is InChI=1S/C14H18BrN3/c1-3-10-7-11(15)5-6-13(10)18-9-17-8-14(18)12(16)4-2/h5-9,12H,3-4,16H2,1-2H3/t12-/m1/s1. The predicted octanol–water partition coefficient (Wildman–Crippen LogP) is 3.61. The van der Waals surface area contributed by atoms with E-state index in [1.807, 2.05) is 12.5 Å². The van der Waals surface area contributed by atoms with Crippen molar-refractivity contribution in [2.24, 2.45) is 5.73 Å². The Balaban J connectivity index is 2.52. The van der Waals surface area contributed by atoms with Crippen LogP contribution in [-0.4, -0.2) is 9.55 Å². The molecule has 0 saturated heterocycles. The van der Waals surface area contributed by atoms with Crippen LogP contribution in [0.5, 0.6) is 0 Å². The van der Waals surface area contributed by atoms with Crippen molar-refractivity contribution in [3.05, 3.63) is 46.5 Å². The molecule has 0 aliphatic heterocycles. The number of nitrogens with zero attached hydrogens (tertiary/aromatic N) is 2. The zero-order valence-corrected chi connectivity index (χ0v) is 12.3. The molecule has 2 rings (SSSR count). The van der Waals surface area contributed by atoms with E-state index in [1.54, 1.807) is 0 Å². The third kappa shape index (κ3) is 2.49. The molecule has 18 heavy (non-hydrogen) atoms. The molecule has 0 unspecified atom stereocenters. The lowest BCUT2D eigenvalue weighted by Gasteiger charge is -2.16. The van der Waals surface area contributed by atoms with Crippen molar-refractivity contribution in [2.45, 2.75) is 32.7 Å². The van der Waals surface area contributed by atoms with Crippen LogP contribution in [0.3, 0.4) is 0 Å². The Morgan fingerprint density at radius 2 is 2.17 bits per heavy atom. The molecule has 0 amide bonds. The first kappa shape index (κ1) is 13.3. The second kappa shape index (κ2) is 5.67. The molecule has 4 heteroatoms. The molecule has 0 radical (unpaired) electrons. The molecule has 0 aliphatic rings. The summed E-state index contributed by atoms with van der Waals surface area (Å²) in [6.07, 6.45) is 5.58. The Bertz CT molecular complexity index is 534. The van der Waals surface area contributed by atoms with E-state index in [0.717, 1.165) is 28.7 Å². The van der Waals surface area contributed by atoms with Crippen molar-refractivity contribution in [2.75, 3.05) is 0 Å². The average Bonchev–Trinajstić information content (AvgIpc) is 2.86. The molecule has 2 aromatic rings. The minimum atomic E-state index is 0.0286. The van der Waals surface area contributed by atoms with Crippen LogP contribution in [0.2, 0.25) is 0 Å². The van der Waals surface area contributed by atoms with Gasteiger partial charge in [-0.05, 0) is 36.6 Å². The highest BCUT2D eigenvalue weighted by atomic mass is 79.9. The summed E-state index contributed by atoms with van der Waals surface area (Å²) in [6, 6.07) is 6.34. The minimum absolute atomic E-state index is 0.0286. The van der Waals surface area contributed by atoms with Crippen LogP contribution in [0.1, 0.15) is 37.6 Å². The molecule has 1 aromatic heterocycles. The minimum Gasteiger partial charge on any atom is -0.323 e. The third-order valence-corrected chi connectivity index (χ3v) is 3.66. The average molecular weight is 308 g/mol. The van der Waals surface area contributed by atoms with Crippen molar-refractivity contribution in [3.8, 4) is 5.69 Å². The summed E-state index contributed by atoms with van der Waals surface area (Å²) < 4.78 is 3.20. The molecule has 1 atom stereocenters. The summed E-state index contributed by atoms with van der Waals surface area (Å²) in [4.78, 5) is 4.24. The number of halogens is 1. The Morgan fingerprint density at radius 1 is 1.39 bits per heavy atom. The highest BCUT2D eigenvalue weighted by molar-refractivity contribution is 9.10. The fraction of sp³-hybridized carbons (Fsp3) is 0.357. The van der Waals surface area contributed by atoms with Gasteiger partial charge >= 0.3 is 0 Å². The van der Waals surface area contributed by atoms with Gasteiger partial charge in [0.25, 0.3) is 0 Å². The first-order valence-corrected chi connectivity index (χ1v) is 7.03. The molecule has 1 heterocycles. The Morgan fingerprint density at radius 3 is 2.83 bits per heavy atom. The highest BCUT2D eigenvalue weighted by Gasteiger charge is 2.13. The summed E-state index contributed by atoms with van der Waals surface area (Å²) in [5.41, 5.74) is 9.64. The summed E-state index contributed by atoms with van der Waals surface area (Å²) in [6.45, 7) is 4.24. The van der Waals surface area contributed by atoms with E-state index in [0.29, 0.717) is 0 Å². The van der Waals surface area contributed by atoms with Gasteiger partial charge in [-0.1, -0.05) is 29.8 Å². The van der Waals surface area contributed by atoms with Crippen LogP contribution in [0.15, 0.2) is 35.2 Å². The molecule has 0 aliphatic carbocycles. The molecule has 0 bridgehead atoms. The zero-order valence-electron chi connectivity index (χ0n) is 10.7. The summed E-state index contributed by atoms with van der Waals surface area (Å²) in [5, 5.41) is 0. The van der Waals surface area contributed by atoms with Gasteiger partial charge in [-0.15, -0.1) is 0 Å². The van der Waals surface area contributed by atoms with E-state index in [9.17, 15) is 0 Å². The molecule has 3 nitrogen and oxygen atoms in total. The lowest BCUT2D eigenvalue weighted by atomic mass is 10.1. The Kier molecular flexibility index (Phi) is 4.19. The van der Waals surface area contributed by atoms with Gasteiger partial charge in [0.1, 0.15) is 0 Å². The monoisotopic (exact) mass is 307 g/mol. The SMILES string of the molecule is CCc1cc(Br)ccc1-n1cncc1[C@H](N)CC. The second-order valence-corrected chi connectivity index (χ2v) is 5.25. The number of aromatic nitrogens is 2. The van der Waals surface area contributed by atoms with Crippen molar-refractivity contribution in [1.29, 1.82) is 0 Å². The van der Waals surface area contributed by atoms with Crippen LogP contribution in [0.25, 0.3) is 5.69 Å². The summed E-state index contributed by atoms with van der Waals surface area (Å²) in [5.74, 6) is 0. The summed E-state index contributed by atoms with van der Waals surface area (Å²) >= 11 is 3.51. The van der Waals surface area contributed by atoms with E-state index in [4.69, 9.17) is 5.73 Å². The van der Waals surface area contributed by atoms with Gasteiger partial charge in [-0.3, -0.25) is 0 Å². The second-order valence-electron chi connectivity index (χ2n) is 4.33. The van der Waals surface area contributed by atoms with E-state index in [1.165, 1.54) is 5.56 Å². The first-order chi connectivity index (χ1) is 8.67. The maximum Gasteiger partial charge on any atom is 0.0994 e. The van der Waals surface area contributed by atoms with E-state index in [-0.39, 0.29) is 6.04 Å². The molecule has 2 N–H and O–H groups in total. The smallest absolute Gasteiger partial charge is 0.0994 e. The number of hydrogen-bond acceptors (Lipinski definition) is 2. The molecule has 1 aromatic carbocycles. The Hall–Kier alpha value is -1.13. The fourth-order valence-corrected chi connectivity index (χ4v) is 2.47. The quantitative estimate of drug-likeness (QED) is 0.937. The molecule has 0 saturated carbocycles. The van der Waals surface area contributed by atoms with E-state index >= 15 is 0 Å². The van der Waals surface area contributed by atoms with Crippen LogP contribution < -0.4 is 5.73 Å². The van der Waals surface area contributed by atoms with Gasteiger partial charge in [-0.25, -0.2) is 4.98 Å². The van der Waals surface area contributed by atoms with E-state index < -0.39 is 0 Å². The fourth-order valence-electron chi connectivity index (χ4n) is 2.06. The van der Waals surface area contributed by atoms with Crippen molar-refractivity contribution >= 4 is 15.9 Å². The number of nitrogens with two attached hydrogens (primary N) is 1. The molecular formula is C14H18BrN3. The third-order valence-electron chi connectivity index (χ3n) is 3.17. The Labute approximate surface area is 116 Å².